The van der Waals surface area contributed by atoms with E-state index in [1.165, 1.54) is 17.8 Å². The molecule has 2 aromatic carbocycles. The average Bonchev–Trinajstić information content (AvgIpc) is 3.21. The molecule has 7 nitrogen and oxygen atoms in total. The molecule has 0 radical (unpaired) electrons. The summed E-state index contributed by atoms with van der Waals surface area (Å²) >= 11 is 19.4. The molecule has 3 rings (SSSR count). The molecule has 0 aliphatic heterocycles. The molecule has 2 amide bonds. The SMILES string of the molecule is CCn1c(SCC(=O)Nc2ccccc2Cl)nnc1[C@H](NC(=O)c1ccc(Cl)c(Cl)c1)C(C)C. The molecule has 2 N–H and O–H groups in total. The number of hydrogen-bond acceptors (Lipinski definition) is 5. The standard InChI is InChI=1S/C23H24Cl3N5O2S/c1-4-31-21(20(13(2)3)28-22(33)14-9-10-15(24)17(26)11-14)29-30-23(31)34-12-19(32)27-18-8-6-5-7-16(18)25/h5-11,13,20H,4,12H2,1-3H3,(H,27,32)(H,28,33)/t20-/m1/s1. The first-order valence-corrected chi connectivity index (χ1v) is 12.7. The summed E-state index contributed by atoms with van der Waals surface area (Å²) in [7, 11) is 0. The van der Waals surface area contributed by atoms with Crippen LogP contribution in [0.25, 0.3) is 0 Å². The Morgan fingerprint density at radius 1 is 1.03 bits per heavy atom. The van der Waals surface area contributed by atoms with Crippen molar-refractivity contribution >= 4 is 64.1 Å². The normalized spacial score (nSPS) is 12.0. The Balaban J connectivity index is 1.73. The van der Waals surface area contributed by atoms with Gasteiger partial charge in [-0.3, -0.25) is 9.59 Å². The maximum atomic E-state index is 12.9. The minimum atomic E-state index is -0.402. The van der Waals surface area contributed by atoms with E-state index in [4.69, 9.17) is 34.8 Å². The van der Waals surface area contributed by atoms with E-state index >= 15 is 0 Å². The fraction of sp³-hybridized carbons (Fsp3) is 0.304. The van der Waals surface area contributed by atoms with E-state index < -0.39 is 6.04 Å². The summed E-state index contributed by atoms with van der Waals surface area (Å²) in [6.45, 7) is 6.50. The van der Waals surface area contributed by atoms with Gasteiger partial charge in [0.25, 0.3) is 5.91 Å². The van der Waals surface area contributed by atoms with Gasteiger partial charge in [-0.25, -0.2) is 0 Å². The molecule has 0 unspecified atom stereocenters. The lowest BCUT2D eigenvalue weighted by atomic mass is 10.0. The summed E-state index contributed by atoms with van der Waals surface area (Å²) in [6, 6.07) is 11.4. The van der Waals surface area contributed by atoms with E-state index in [9.17, 15) is 9.59 Å². The van der Waals surface area contributed by atoms with Crippen LogP contribution >= 0.6 is 46.6 Å². The quantitative estimate of drug-likeness (QED) is 0.319. The highest BCUT2D eigenvalue weighted by atomic mass is 35.5. The second-order valence-corrected chi connectivity index (χ2v) is 9.89. The van der Waals surface area contributed by atoms with E-state index in [-0.39, 0.29) is 23.5 Å². The lowest BCUT2D eigenvalue weighted by Gasteiger charge is -2.22. The van der Waals surface area contributed by atoms with Gasteiger partial charge in [-0.2, -0.15) is 0 Å². The summed E-state index contributed by atoms with van der Waals surface area (Å²) in [6.07, 6.45) is 0. The highest BCUT2D eigenvalue weighted by Crippen LogP contribution is 2.27. The zero-order chi connectivity index (χ0) is 24.8. The fourth-order valence-corrected chi connectivity index (χ4v) is 4.49. The molecule has 1 atom stereocenters. The lowest BCUT2D eigenvalue weighted by molar-refractivity contribution is -0.113. The minimum Gasteiger partial charge on any atom is -0.342 e. The number of thioether (sulfide) groups is 1. The molecule has 0 aliphatic rings. The Bertz CT molecular complexity index is 1190. The first-order chi connectivity index (χ1) is 16.2. The number of nitrogens with zero attached hydrogens (tertiary/aromatic N) is 3. The van der Waals surface area contributed by atoms with Gasteiger partial charge in [0.1, 0.15) is 0 Å². The molecule has 0 saturated heterocycles. The van der Waals surface area contributed by atoms with Crippen LogP contribution in [0.4, 0.5) is 5.69 Å². The summed E-state index contributed by atoms with van der Waals surface area (Å²) in [5.41, 5.74) is 0.950. The molecule has 0 spiro atoms. The van der Waals surface area contributed by atoms with E-state index in [2.05, 4.69) is 20.8 Å². The van der Waals surface area contributed by atoms with Crippen LogP contribution in [0.15, 0.2) is 47.6 Å². The van der Waals surface area contributed by atoms with Gasteiger partial charge < -0.3 is 15.2 Å². The zero-order valence-electron chi connectivity index (χ0n) is 18.8. The number of hydrogen-bond donors (Lipinski definition) is 2. The average molecular weight is 541 g/mol. The van der Waals surface area contributed by atoms with Crippen molar-refractivity contribution < 1.29 is 9.59 Å². The maximum Gasteiger partial charge on any atom is 0.251 e. The van der Waals surface area contributed by atoms with E-state index in [0.29, 0.717) is 43.8 Å². The maximum absolute atomic E-state index is 12.9. The molecule has 0 bridgehead atoms. The molecule has 34 heavy (non-hydrogen) atoms. The van der Waals surface area contributed by atoms with Crippen LogP contribution in [-0.4, -0.2) is 32.3 Å². The van der Waals surface area contributed by atoms with Gasteiger partial charge in [0.2, 0.25) is 5.91 Å². The molecule has 3 aromatic rings. The number of rotatable bonds is 9. The second kappa shape index (κ2) is 11.9. The van der Waals surface area contributed by atoms with Gasteiger partial charge >= 0.3 is 0 Å². The number of para-hydroxylation sites is 1. The van der Waals surface area contributed by atoms with Crippen molar-refractivity contribution in [2.45, 2.75) is 38.5 Å². The van der Waals surface area contributed by atoms with Crippen molar-refractivity contribution in [2.24, 2.45) is 5.92 Å². The number of anilines is 1. The molecule has 11 heteroatoms. The van der Waals surface area contributed by atoms with Gasteiger partial charge in [-0.05, 0) is 43.2 Å². The summed E-state index contributed by atoms with van der Waals surface area (Å²) in [5.74, 6) is 0.267. The van der Waals surface area contributed by atoms with E-state index in [1.807, 2.05) is 25.3 Å². The monoisotopic (exact) mass is 539 g/mol. The summed E-state index contributed by atoms with van der Waals surface area (Å²) in [4.78, 5) is 25.3. The van der Waals surface area contributed by atoms with Gasteiger partial charge in [-0.1, -0.05) is 72.5 Å². The Morgan fingerprint density at radius 3 is 2.41 bits per heavy atom. The second-order valence-electron chi connectivity index (χ2n) is 7.73. The van der Waals surface area contributed by atoms with Gasteiger partial charge in [0.15, 0.2) is 11.0 Å². The molecule has 1 heterocycles. The number of carbonyl (C=O) groups excluding carboxylic acids is 2. The number of nitrogens with one attached hydrogen (secondary N) is 2. The van der Waals surface area contributed by atoms with Crippen LogP contribution < -0.4 is 10.6 Å². The molecule has 180 valence electrons. The third-order valence-electron chi connectivity index (χ3n) is 4.96. The zero-order valence-corrected chi connectivity index (χ0v) is 21.9. The van der Waals surface area contributed by atoms with Crippen LogP contribution in [0.3, 0.4) is 0 Å². The van der Waals surface area contributed by atoms with Crippen molar-refractivity contribution in [1.82, 2.24) is 20.1 Å². The smallest absolute Gasteiger partial charge is 0.251 e. The fourth-order valence-electron chi connectivity index (χ4n) is 3.20. The number of benzene rings is 2. The first-order valence-electron chi connectivity index (χ1n) is 10.6. The Kier molecular flexibility index (Phi) is 9.24. The van der Waals surface area contributed by atoms with Gasteiger partial charge in [-0.15, -0.1) is 10.2 Å². The van der Waals surface area contributed by atoms with Crippen molar-refractivity contribution in [3.05, 3.63) is 68.9 Å². The van der Waals surface area contributed by atoms with Crippen molar-refractivity contribution in [2.75, 3.05) is 11.1 Å². The third kappa shape index (κ3) is 6.44. The Hall–Kier alpha value is -2.26. The highest BCUT2D eigenvalue weighted by molar-refractivity contribution is 7.99. The molecule has 0 saturated carbocycles. The number of amides is 2. The van der Waals surface area contributed by atoms with Crippen LogP contribution in [0.2, 0.25) is 15.1 Å². The van der Waals surface area contributed by atoms with Crippen LogP contribution in [0.1, 0.15) is 43.0 Å². The molecular weight excluding hydrogens is 517 g/mol. The summed E-state index contributed by atoms with van der Waals surface area (Å²) < 4.78 is 1.90. The molecule has 0 aliphatic carbocycles. The number of aromatic nitrogens is 3. The molecule has 1 aromatic heterocycles. The molecule has 0 fully saturated rings. The highest BCUT2D eigenvalue weighted by Gasteiger charge is 2.26. The predicted molar refractivity (Wildman–Crippen MR) is 138 cm³/mol. The van der Waals surface area contributed by atoms with Crippen molar-refractivity contribution in [1.29, 1.82) is 0 Å². The van der Waals surface area contributed by atoms with Crippen LogP contribution in [-0.2, 0) is 11.3 Å². The van der Waals surface area contributed by atoms with Gasteiger partial charge in [0, 0.05) is 12.1 Å². The number of carbonyl (C=O) groups is 2. The number of halogens is 3. The summed E-state index contributed by atoms with van der Waals surface area (Å²) in [5, 5.41) is 16.2. The lowest BCUT2D eigenvalue weighted by Crippen LogP contribution is -2.33. The van der Waals surface area contributed by atoms with Crippen LogP contribution in [0.5, 0.6) is 0 Å². The minimum absolute atomic E-state index is 0.0302. The van der Waals surface area contributed by atoms with Gasteiger partial charge in [0.05, 0.1) is 32.5 Å². The van der Waals surface area contributed by atoms with E-state index in [0.717, 1.165) is 0 Å². The van der Waals surface area contributed by atoms with Crippen LogP contribution in [0, 0.1) is 5.92 Å². The van der Waals surface area contributed by atoms with Crippen molar-refractivity contribution in [3.8, 4) is 0 Å². The van der Waals surface area contributed by atoms with Crippen molar-refractivity contribution in [3.63, 3.8) is 0 Å². The Morgan fingerprint density at radius 2 is 1.76 bits per heavy atom. The first kappa shape index (κ1) is 26.3. The predicted octanol–water partition coefficient (Wildman–Crippen LogP) is 6.12. The topological polar surface area (TPSA) is 88.9 Å². The van der Waals surface area contributed by atoms with E-state index in [1.54, 1.807) is 36.4 Å². The molecular formula is C23H24Cl3N5O2S. The Labute approximate surface area is 217 Å². The largest absolute Gasteiger partial charge is 0.342 e. The third-order valence-corrected chi connectivity index (χ3v) is 6.99.